The van der Waals surface area contributed by atoms with Gasteiger partial charge in [-0.3, -0.25) is 0 Å². The minimum Gasteiger partial charge on any atom is -0.467 e. The highest BCUT2D eigenvalue weighted by atomic mass is 16.7. The Hall–Kier alpha value is -0.610. The molecule has 1 atom stereocenters. The Morgan fingerprint density at radius 2 is 2.31 bits per heavy atom. The molecule has 0 aromatic heterocycles. The van der Waals surface area contributed by atoms with E-state index < -0.39 is 5.60 Å². The molecular weight excluding hydrogens is 172 g/mol. The summed E-state index contributed by atoms with van der Waals surface area (Å²) in [4.78, 5) is 11.3. The molecular formula is C9H14O4. The number of hydrogen-bond donors (Lipinski definition) is 0. The van der Waals surface area contributed by atoms with Gasteiger partial charge in [-0.25, -0.2) is 4.79 Å². The quantitative estimate of drug-likeness (QED) is 0.613. The number of carbonyl (C=O) groups excluding carboxylic acids is 1. The molecule has 4 nitrogen and oxygen atoms in total. The largest absolute Gasteiger partial charge is 0.467 e. The maximum Gasteiger partial charge on any atom is 0.338 e. The number of ether oxygens (including phenoxy) is 3. The monoisotopic (exact) mass is 186 g/mol. The first-order valence-electron chi connectivity index (χ1n) is 4.65. The number of rotatable bonds is 3. The lowest BCUT2D eigenvalue weighted by Crippen LogP contribution is -2.32. The zero-order valence-corrected chi connectivity index (χ0v) is 7.75. The fraction of sp³-hybridized carbons (Fsp3) is 0.889. The number of methoxy groups -OCH3 is 1. The average Bonchev–Trinajstić information content (AvgIpc) is 2.73. The van der Waals surface area contributed by atoms with E-state index in [0.717, 1.165) is 32.3 Å². The predicted octanol–water partition coefficient (Wildman–Crippen LogP) is 0.845. The molecule has 0 N–H and O–H groups in total. The predicted molar refractivity (Wildman–Crippen MR) is 44.0 cm³/mol. The Bertz CT molecular complexity index is 204. The Labute approximate surface area is 77.1 Å². The van der Waals surface area contributed by atoms with Gasteiger partial charge >= 0.3 is 5.97 Å². The van der Waals surface area contributed by atoms with Crippen molar-refractivity contribution in [2.75, 3.05) is 13.7 Å². The van der Waals surface area contributed by atoms with Crippen LogP contribution in [0.1, 0.15) is 25.7 Å². The van der Waals surface area contributed by atoms with Crippen LogP contribution in [-0.2, 0) is 19.0 Å². The SMILES string of the molecule is COC(=O)C1(OC2CCCO2)CC1. The Kier molecular flexibility index (Phi) is 2.26. The van der Waals surface area contributed by atoms with Crippen LogP contribution < -0.4 is 0 Å². The molecule has 4 heteroatoms. The Balaban J connectivity index is 1.89. The summed E-state index contributed by atoms with van der Waals surface area (Å²) in [6, 6.07) is 0. The topological polar surface area (TPSA) is 44.8 Å². The van der Waals surface area contributed by atoms with Crippen molar-refractivity contribution in [3.8, 4) is 0 Å². The number of esters is 1. The molecule has 2 rings (SSSR count). The fourth-order valence-electron chi connectivity index (χ4n) is 1.56. The van der Waals surface area contributed by atoms with E-state index >= 15 is 0 Å². The van der Waals surface area contributed by atoms with Gasteiger partial charge < -0.3 is 14.2 Å². The minimum absolute atomic E-state index is 0.193. The molecule has 13 heavy (non-hydrogen) atoms. The van der Waals surface area contributed by atoms with E-state index in [1.54, 1.807) is 0 Å². The van der Waals surface area contributed by atoms with E-state index in [9.17, 15) is 4.79 Å². The summed E-state index contributed by atoms with van der Waals surface area (Å²) in [6.07, 6.45) is 3.24. The van der Waals surface area contributed by atoms with Crippen LogP contribution in [0.15, 0.2) is 0 Å². The van der Waals surface area contributed by atoms with Gasteiger partial charge in [-0.15, -0.1) is 0 Å². The van der Waals surface area contributed by atoms with E-state index in [2.05, 4.69) is 4.74 Å². The highest BCUT2D eigenvalue weighted by molar-refractivity contribution is 5.82. The average molecular weight is 186 g/mol. The Morgan fingerprint density at radius 3 is 2.77 bits per heavy atom. The summed E-state index contributed by atoms with van der Waals surface area (Å²) in [5, 5.41) is 0. The van der Waals surface area contributed by atoms with Gasteiger partial charge in [0.2, 0.25) is 0 Å². The fourth-order valence-corrected chi connectivity index (χ4v) is 1.56. The molecule has 1 aliphatic heterocycles. The van der Waals surface area contributed by atoms with Crippen LogP contribution in [0.25, 0.3) is 0 Å². The van der Waals surface area contributed by atoms with Gasteiger partial charge in [-0.1, -0.05) is 0 Å². The van der Waals surface area contributed by atoms with Crippen molar-refractivity contribution < 1.29 is 19.0 Å². The first kappa shape index (κ1) is 8.97. The van der Waals surface area contributed by atoms with Crippen LogP contribution in [0, 0.1) is 0 Å². The molecule has 1 heterocycles. The molecule has 0 aromatic rings. The van der Waals surface area contributed by atoms with Crippen molar-refractivity contribution in [1.29, 1.82) is 0 Å². The van der Waals surface area contributed by atoms with Gasteiger partial charge in [0.25, 0.3) is 0 Å². The first-order chi connectivity index (χ1) is 6.27. The van der Waals surface area contributed by atoms with E-state index in [4.69, 9.17) is 9.47 Å². The third kappa shape index (κ3) is 1.69. The van der Waals surface area contributed by atoms with Crippen molar-refractivity contribution in [2.45, 2.75) is 37.6 Å². The highest BCUT2D eigenvalue weighted by Gasteiger charge is 2.54. The standard InChI is InChI=1S/C9H14O4/c1-11-8(10)9(4-5-9)13-7-3-2-6-12-7/h7H,2-6H2,1H3. The van der Waals surface area contributed by atoms with Crippen LogP contribution in [0.3, 0.4) is 0 Å². The molecule has 1 aliphatic carbocycles. The summed E-state index contributed by atoms with van der Waals surface area (Å²) >= 11 is 0. The summed E-state index contributed by atoms with van der Waals surface area (Å²) < 4.78 is 15.5. The molecule has 0 bridgehead atoms. The molecule has 74 valence electrons. The molecule has 0 radical (unpaired) electrons. The maximum absolute atomic E-state index is 11.3. The van der Waals surface area contributed by atoms with Crippen molar-refractivity contribution in [3.05, 3.63) is 0 Å². The second kappa shape index (κ2) is 3.27. The molecule has 0 spiro atoms. The van der Waals surface area contributed by atoms with Crippen LogP contribution in [-0.4, -0.2) is 31.6 Å². The lowest BCUT2D eigenvalue weighted by atomic mass is 10.3. The minimum atomic E-state index is -0.663. The smallest absolute Gasteiger partial charge is 0.338 e. The van der Waals surface area contributed by atoms with Gasteiger partial charge in [0, 0.05) is 13.0 Å². The molecule has 2 fully saturated rings. The lowest BCUT2D eigenvalue weighted by molar-refractivity contribution is -0.187. The van der Waals surface area contributed by atoms with E-state index in [1.165, 1.54) is 7.11 Å². The second-order valence-corrected chi connectivity index (χ2v) is 3.55. The van der Waals surface area contributed by atoms with Gasteiger partial charge in [0.05, 0.1) is 7.11 Å². The van der Waals surface area contributed by atoms with Crippen molar-refractivity contribution in [3.63, 3.8) is 0 Å². The molecule has 1 unspecified atom stereocenters. The van der Waals surface area contributed by atoms with Gasteiger partial charge in [-0.05, 0) is 19.3 Å². The number of hydrogen-bond acceptors (Lipinski definition) is 4. The summed E-state index contributed by atoms with van der Waals surface area (Å²) in [5.74, 6) is -0.261. The van der Waals surface area contributed by atoms with Crippen LogP contribution in [0.4, 0.5) is 0 Å². The zero-order chi connectivity index (χ0) is 9.31. The van der Waals surface area contributed by atoms with Gasteiger partial charge in [0.15, 0.2) is 11.9 Å². The summed E-state index contributed by atoms with van der Waals surface area (Å²) in [5.41, 5.74) is -0.663. The van der Waals surface area contributed by atoms with Gasteiger partial charge in [-0.2, -0.15) is 0 Å². The molecule has 1 saturated heterocycles. The van der Waals surface area contributed by atoms with Crippen LogP contribution >= 0.6 is 0 Å². The molecule has 0 amide bonds. The second-order valence-electron chi connectivity index (χ2n) is 3.55. The molecule has 0 aromatic carbocycles. The third-order valence-electron chi connectivity index (χ3n) is 2.51. The summed E-state index contributed by atoms with van der Waals surface area (Å²) in [6.45, 7) is 0.738. The number of carbonyl (C=O) groups is 1. The van der Waals surface area contributed by atoms with E-state index in [0.29, 0.717) is 0 Å². The van der Waals surface area contributed by atoms with Gasteiger partial charge in [0.1, 0.15) is 0 Å². The third-order valence-corrected chi connectivity index (χ3v) is 2.51. The van der Waals surface area contributed by atoms with Crippen molar-refractivity contribution in [2.24, 2.45) is 0 Å². The first-order valence-corrected chi connectivity index (χ1v) is 4.65. The lowest BCUT2D eigenvalue weighted by Gasteiger charge is -2.18. The van der Waals surface area contributed by atoms with Crippen molar-refractivity contribution >= 4 is 5.97 Å². The van der Waals surface area contributed by atoms with E-state index in [-0.39, 0.29) is 12.3 Å². The van der Waals surface area contributed by atoms with E-state index in [1.807, 2.05) is 0 Å². The zero-order valence-electron chi connectivity index (χ0n) is 7.75. The Morgan fingerprint density at radius 1 is 1.54 bits per heavy atom. The molecule has 2 aliphatic rings. The normalized spacial score (nSPS) is 30.1. The van der Waals surface area contributed by atoms with Crippen LogP contribution in [0.5, 0.6) is 0 Å². The molecule has 1 saturated carbocycles. The van der Waals surface area contributed by atoms with Crippen molar-refractivity contribution in [1.82, 2.24) is 0 Å². The highest BCUT2D eigenvalue weighted by Crippen LogP contribution is 2.42. The maximum atomic E-state index is 11.3. The van der Waals surface area contributed by atoms with Crippen LogP contribution in [0.2, 0.25) is 0 Å². The summed E-state index contributed by atoms with van der Waals surface area (Å²) in [7, 11) is 1.39.